The molecule has 1 rings (SSSR count). The third kappa shape index (κ3) is 5.58. The van der Waals surface area contributed by atoms with Crippen LogP contribution in [0.3, 0.4) is 0 Å². The largest absolute Gasteiger partial charge is 1.00 e. The van der Waals surface area contributed by atoms with Crippen molar-refractivity contribution in [3.63, 3.8) is 0 Å². The summed E-state index contributed by atoms with van der Waals surface area (Å²) >= 11 is 0. The van der Waals surface area contributed by atoms with E-state index in [0.717, 1.165) is 12.1 Å². The van der Waals surface area contributed by atoms with E-state index in [1.54, 1.807) is 6.92 Å². The Bertz CT molecular complexity index is 387. The minimum Gasteiger partial charge on any atom is -0.491 e. The van der Waals surface area contributed by atoms with Gasteiger partial charge in [-0.15, -0.1) is 0 Å². The maximum atomic E-state index is 13.1. The Labute approximate surface area is 146 Å². The summed E-state index contributed by atoms with van der Waals surface area (Å²) in [5, 5.41) is 0. The van der Waals surface area contributed by atoms with Crippen molar-refractivity contribution in [3.05, 3.63) is 24.0 Å². The molecule has 0 radical (unpaired) electrons. The van der Waals surface area contributed by atoms with Gasteiger partial charge in [-0.25, -0.2) is 4.39 Å². The molecule has 1 unspecified atom stereocenters. The van der Waals surface area contributed by atoms with Crippen molar-refractivity contribution in [2.24, 2.45) is 0 Å². The zero-order valence-corrected chi connectivity index (χ0v) is 13.5. The standard InChI is InChI=1S/C10H12BF4O2.K/c1-7(16-2)6-17-8-3-4-9(10(12)5-8)11(13,14)15;/h3-5,7H,6H2,1-2H3;/q-1;+1. The zero-order chi connectivity index (χ0) is 13.1. The van der Waals surface area contributed by atoms with E-state index in [1.165, 1.54) is 7.11 Å². The summed E-state index contributed by atoms with van der Waals surface area (Å²) in [6, 6.07) is 2.51. The third-order valence-corrected chi connectivity index (χ3v) is 2.21. The van der Waals surface area contributed by atoms with Gasteiger partial charge in [-0.05, 0) is 13.0 Å². The summed E-state index contributed by atoms with van der Waals surface area (Å²) in [6.45, 7) is -3.46. The molecule has 2 nitrogen and oxygen atoms in total. The van der Waals surface area contributed by atoms with E-state index < -0.39 is 18.3 Å². The first-order valence-corrected chi connectivity index (χ1v) is 4.99. The van der Waals surface area contributed by atoms with Gasteiger partial charge in [0.25, 0.3) is 0 Å². The van der Waals surface area contributed by atoms with Crippen LogP contribution in [0.5, 0.6) is 5.75 Å². The fraction of sp³-hybridized carbons (Fsp3) is 0.400. The van der Waals surface area contributed by atoms with E-state index in [9.17, 15) is 17.3 Å². The van der Waals surface area contributed by atoms with Crippen LogP contribution in [0, 0.1) is 5.82 Å². The van der Waals surface area contributed by atoms with Gasteiger partial charge in [0.2, 0.25) is 0 Å². The number of rotatable bonds is 5. The molecule has 1 atom stereocenters. The van der Waals surface area contributed by atoms with E-state index in [1.807, 2.05) is 0 Å². The Kier molecular flexibility index (Phi) is 8.04. The maximum absolute atomic E-state index is 13.1. The Morgan fingerprint density at radius 1 is 1.28 bits per heavy atom. The summed E-state index contributed by atoms with van der Waals surface area (Å²) in [4.78, 5) is 0. The van der Waals surface area contributed by atoms with Crippen LogP contribution in [0.1, 0.15) is 6.92 Å². The molecule has 0 spiro atoms. The van der Waals surface area contributed by atoms with Crippen molar-refractivity contribution in [1.82, 2.24) is 0 Å². The molecule has 96 valence electrons. The molecule has 0 saturated carbocycles. The first-order valence-electron chi connectivity index (χ1n) is 4.99. The molecular formula is C10H12BF4KO2. The van der Waals surface area contributed by atoms with Gasteiger partial charge in [-0.3, -0.25) is 0 Å². The second kappa shape index (κ2) is 7.86. The van der Waals surface area contributed by atoms with Crippen LogP contribution < -0.4 is 61.6 Å². The van der Waals surface area contributed by atoms with Crippen LogP contribution >= 0.6 is 0 Å². The average molecular weight is 290 g/mol. The van der Waals surface area contributed by atoms with Crippen LogP contribution in [0.15, 0.2) is 18.2 Å². The molecule has 0 N–H and O–H groups in total. The first-order chi connectivity index (χ1) is 7.84. The second-order valence-corrected chi connectivity index (χ2v) is 3.62. The van der Waals surface area contributed by atoms with E-state index in [0.29, 0.717) is 6.07 Å². The van der Waals surface area contributed by atoms with Crippen LogP contribution in [0.25, 0.3) is 0 Å². The summed E-state index contributed by atoms with van der Waals surface area (Å²) in [6.07, 6.45) is -0.218. The number of ether oxygens (including phenoxy) is 2. The van der Waals surface area contributed by atoms with Crippen molar-refractivity contribution < 1.29 is 78.2 Å². The van der Waals surface area contributed by atoms with Crippen LogP contribution in [-0.4, -0.2) is 26.8 Å². The molecule has 0 bridgehead atoms. The fourth-order valence-electron chi connectivity index (χ4n) is 1.14. The van der Waals surface area contributed by atoms with Gasteiger partial charge in [-0.2, -0.15) is 0 Å². The maximum Gasteiger partial charge on any atom is 1.00 e. The van der Waals surface area contributed by atoms with Gasteiger partial charge >= 0.3 is 58.4 Å². The minimum atomic E-state index is -5.33. The molecule has 0 amide bonds. The molecule has 0 heterocycles. The van der Waals surface area contributed by atoms with E-state index in [4.69, 9.17) is 9.47 Å². The Morgan fingerprint density at radius 2 is 1.89 bits per heavy atom. The molecule has 0 saturated heterocycles. The topological polar surface area (TPSA) is 18.5 Å². The normalized spacial score (nSPS) is 12.8. The number of hydrogen-bond donors (Lipinski definition) is 0. The summed E-state index contributed by atoms with van der Waals surface area (Å²) in [5.74, 6) is -1.27. The first kappa shape index (κ1) is 18.4. The molecule has 0 fully saturated rings. The monoisotopic (exact) mass is 290 g/mol. The van der Waals surface area contributed by atoms with Crippen molar-refractivity contribution >= 4 is 12.4 Å². The number of methoxy groups -OCH3 is 1. The number of halogens is 4. The summed E-state index contributed by atoms with van der Waals surface area (Å²) in [5.41, 5.74) is -1.24. The average Bonchev–Trinajstić information content (AvgIpc) is 2.24. The molecule has 0 aromatic heterocycles. The van der Waals surface area contributed by atoms with Crippen LogP contribution in [0.2, 0.25) is 0 Å². The number of hydrogen-bond acceptors (Lipinski definition) is 2. The van der Waals surface area contributed by atoms with Crippen molar-refractivity contribution in [1.29, 1.82) is 0 Å². The summed E-state index contributed by atoms with van der Waals surface area (Å²) < 4.78 is 60.0. The zero-order valence-electron chi connectivity index (χ0n) is 10.4. The van der Waals surface area contributed by atoms with Crippen molar-refractivity contribution in [3.8, 4) is 5.75 Å². The Hall–Kier alpha value is 0.401. The molecule has 0 aliphatic heterocycles. The predicted molar refractivity (Wildman–Crippen MR) is 57.1 cm³/mol. The smallest absolute Gasteiger partial charge is 0.491 e. The third-order valence-electron chi connectivity index (χ3n) is 2.21. The van der Waals surface area contributed by atoms with Gasteiger partial charge < -0.3 is 22.4 Å². The van der Waals surface area contributed by atoms with Gasteiger partial charge in [0.15, 0.2) is 0 Å². The minimum absolute atomic E-state index is 0. The van der Waals surface area contributed by atoms with E-state index in [-0.39, 0.29) is 69.8 Å². The van der Waals surface area contributed by atoms with Crippen molar-refractivity contribution in [2.75, 3.05) is 13.7 Å². The van der Waals surface area contributed by atoms with Crippen LogP contribution in [0.4, 0.5) is 17.3 Å². The van der Waals surface area contributed by atoms with Gasteiger partial charge in [0, 0.05) is 13.2 Å². The second-order valence-electron chi connectivity index (χ2n) is 3.62. The van der Waals surface area contributed by atoms with Crippen molar-refractivity contribution in [2.45, 2.75) is 13.0 Å². The van der Waals surface area contributed by atoms with E-state index in [2.05, 4.69) is 0 Å². The number of benzene rings is 1. The Morgan fingerprint density at radius 3 is 2.33 bits per heavy atom. The predicted octanol–water partition coefficient (Wildman–Crippen LogP) is -0.702. The molecule has 0 aliphatic rings. The molecule has 0 aliphatic carbocycles. The molecule has 1 aromatic carbocycles. The Balaban J connectivity index is 0.00000289. The summed E-state index contributed by atoms with van der Waals surface area (Å²) in [7, 11) is 1.48. The fourth-order valence-corrected chi connectivity index (χ4v) is 1.14. The SMILES string of the molecule is COC(C)COc1ccc([B-](F)(F)F)c(F)c1.[K+]. The van der Waals surface area contributed by atoms with Crippen LogP contribution in [-0.2, 0) is 4.74 Å². The molecular weight excluding hydrogens is 278 g/mol. The molecule has 8 heteroatoms. The molecule has 18 heavy (non-hydrogen) atoms. The van der Waals surface area contributed by atoms with E-state index >= 15 is 0 Å². The van der Waals surface area contributed by atoms with Gasteiger partial charge in [-0.1, -0.05) is 11.5 Å². The van der Waals surface area contributed by atoms with Gasteiger partial charge in [0.1, 0.15) is 12.4 Å². The quantitative estimate of drug-likeness (QED) is 0.527. The van der Waals surface area contributed by atoms with Gasteiger partial charge in [0.05, 0.1) is 11.9 Å². The molecule has 1 aromatic rings.